The van der Waals surface area contributed by atoms with Crippen molar-refractivity contribution in [1.82, 2.24) is 30.0 Å². The Balaban J connectivity index is 1.42. The number of carbonyl (C=O) groups is 2. The molecule has 1 atom stereocenters. The maximum atomic E-state index is 12.6. The summed E-state index contributed by atoms with van der Waals surface area (Å²) in [4.78, 5) is 28.8. The van der Waals surface area contributed by atoms with Crippen molar-refractivity contribution in [3.05, 3.63) is 5.82 Å². The van der Waals surface area contributed by atoms with Crippen LogP contribution >= 0.6 is 0 Å². The number of aryl methyl sites for hydroxylation is 1. The van der Waals surface area contributed by atoms with Crippen LogP contribution in [0.5, 0.6) is 0 Å². The first-order chi connectivity index (χ1) is 14.1. The standard InChI is InChI=1S/C20H34N6O3/c1-3-29-20(28)17-6-4-10-25(14-17)19(27)7-5-11-26-18(21-22-23-26)15-24-12-8-16(2)9-13-24/h16-17H,3-15H2,1-2H3/t17-/m0/s1. The van der Waals surface area contributed by atoms with E-state index >= 15 is 0 Å². The van der Waals surface area contributed by atoms with Gasteiger partial charge in [-0.1, -0.05) is 6.92 Å². The van der Waals surface area contributed by atoms with Crippen molar-refractivity contribution in [3.63, 3.8) is 0 Å². The molecule has 1 amide bonds. The van der Waals surface area contributed by atoms with E-state index in [1.165, 1.54) is 12.8 Å². The van der Waals surface area contributed by atoms with Gasteiger partial charge in [-0.2, -0.15) is 0 Å². The number of hydrogen-bond acceptors (Lipinski definition) is 7. The third-order valence-electron chi connectivity index (χ3n) is 6.00. The molecule has 0 aromatic carbocycles. The minimum absolute atomic E-state index is 0.0960. The highest BCUT2D eigenvalue weighted by atomic mass is 16.5. The van der Waals surface area contributed by atoms with Gasteiger partial charge in [0.25, 0.3) is 0 Å². The minimum atomic E-state index is -0.189. The second-order valence-corrected chi connectivity index (χ2v) is 8.31. The summed E-state index contributed by atoms with van der Waals surface area (Å²) in [6, 6.07) is 0. The van der Waals surface area contributed by atoms with Crippen LogP contribution in [0.2, 0.25) is 0 Å². The fraction of sp³-hybridized carbons (Fsp3) is 0.850. The summed E-state index contributed by atoms with van der Waals surface area (Å²) in [5.74, 6) is 1.39. The van der Waals surface area contributed by atoms with Crippen molar-refractivity contribution in [1.29, 1.82) is 0 Å². The van der Waals surface area contributed by atoms with Crippen LogP contribution in [0.3, 0.4) is 0 Å². The van der Waals surface area contributed by atoms with Crippen LogP contribution in [-0.4, -0.2) is 74.7 Å². The summed E-state index contributed by atoms with van der Waals surface area (Å²) in [5, 5.41) is 12.1. The van der Waals surface area contributed by atoms with Gasteiger partial charge >= 0.3 is 5.97 Å². The van der Waals surface area contributed by atoms with Crippen LogP contribution in [0, 0.1) is 11.8 Å². The maximum Gasteiger partial charge on any atom is 0.310 e. The molecule has 2 aliphatic rings. The Bertz CT molecular complexity index is 671. The lowest BCUT2D eigenvalue weighted by molar-refractivity contribution is -0.151. The highest BCUT2D eigenvalue weighted by molar-refractivity contribution is 5.78. The molecule has 9 nitrogen and oxygen atoms in total. The number of esters is 1. The number of carbonyl (C=O) groups excluding carboxylic acids is 2. The second-order valence-electron chi connectivity index (χ2n) is 8.31. The molecule has 162 valence electrons. The van der Waals surface area contributed by atoms with Crippen LogP contribution in [0.25, 0.3) is 0 Å². The molecule has 1 aromatic rings. The van der Waals surface area contributed by atoms with E-state index in [0.717, 1.165) is 50.8 Å². The van der Waals surface area contributed by atoms with Crippen molar-refractivity contribution in [2.24, 2.45) is 11.8 Å². The predicted molar refractivity (Wildman–Crippen MR) is 107 cm³/mol. The van der Waals surface area contributed by atoms with Crippen LogP contribution in [0.4, 0.5) is 0 Å². The first-order valence-corrected chi connectivity index (χ1v) is 11.0. The number of aromatic nitrogens is 4. The lowest BCUT2D eigenvalue weighted by Crippen LogP contribution is -2.42. The molecule has 2 saturated heterocycles. The molecule has 3 heterocycles. The lowest BCUT2D eigenvalue weighted by atomic mass is 9.98. The molecule has 1 aromatic heterocycles. The summed E-state index contributed by atoms with van der Waals surface area (Å²) >= 11 is 0. The summed E-state index contributed by atoms with van der Waals surface area (Å²) in [6.45, 7) is 9.26. The van der Waals surface area contributed by atoms with Gasteiger partial charge in [0.2, 0.25) is 5.91 Å². The summed E-state index contributed by atoms with van der Waals surface area (Å²) in [6.07, 6.45) is 5.22. The Morgan fingerprint density at radius 2 is 1.97 bits per heavy atom. The number of tetrazole rings is 1. The van der Waals surface area contributed by atoms with Crippen LogP contribution in [-0.2, 0) is 27.4 Å². The predicted octanol–water partition coefficient (Wildman–Crippen LogP) is 1.49. The Hall–Kier alpha value is -2.03. The molecule has 3 rings (SSSR count). The minimum Gasteiger partial charge on any atom is -0.466 e. The zero-order valence-corrected chi connectivity index (χ0v) is 17.8. The van der Waals surface area contributed by atoms with Crippen LogP contribution in [0.15, 0.2) is 0 Å². The molecule has 0 aliphatic carbocycles. The summed E-state index contributed by atoms with van der Waals surface area (Å²) < 4.78 is 6.94. The van der Waals surface area contributed by atoms with Crippen molar-refractivity contribution in [2.75, 3.05) is 32.8 Å². The van der Waals surface area contributed by atoms with E-state index in [2.05, 4.69) is 27.3 Å². The van der Waals surface area contributed by atoms with E-state index in [9.17, 15) is 9.59 Å². The number of amides is 1. The van der Waals surface area contributed by atoms with E-state index < -0.39 is 0 Å². The van der Waals surface area contributed by atoms with E-state index in [1.807, 2.05) is 11.6 Å². The lowest BCUT2D eigenvalue weighted by Gasteiger charge is -2.31. The van der Waals surface area contributed by atoms with Crippen molar-refractivity contribution >= 4 is 11.9 Å². The monoisotopic (exact) mass is 406 g/mol. The van der Waals surface area contributed by atoms with Gasteiger partial charge in [-0.05, 0) is 68.5 Å². The van der Waals surface area contributed by atoms with E-state index in [-0.39, 0.29) is 17.8 Å². The number of rotatable bonds is 8. The van der Waals surface area contributed by atoms with Crippen molar-refractivity contribution in [3.8, 4) is 0 Å². The number of nitrogens with zero attached hydrogens (tertiary/aromatic N) is 6. The van der Waals surface area contributed by atoms with Gasteiger partial charge < -0.3 is 9.64 Å². The third kappa shape index (κ3) is 6.22. The van der Waals surface area contributed by atoms with Gasteiger partial charge in [0.05, 0.1) is 19.1 Å². The Morgan fingerprint density at radius 3 is 2.72 bits per heavy atom. The van der Waals surface area contributed by atoms with Crippen LogP contribution < -0.4 is 0 Å². The fourth-order valence-corrected chi connectivity index (χ4v) is 4.12. The molecule has 0 N–H and O–H groups in total. The molecule has 9 heteroatoms. The zero-order valence-electron chi connectivity index (χ0n) is 17.8. The van der Waals surface area contributed by atoms with E-state index in [0.29, 0.717) is 32.5 Å². The molecular formula is C20H34N6O3. The Kier molecular flexibility index (Phi) is 7.97. The molecule has 0 bridgehead atoms. The highest BCUT2D eigenvalue weighted by Crippen LogP contribution is 2.20. The molecule has 0 unspecified atom stereocenters. The zero-order chi connectivity index (χ0) is 20.6. The average molecular weight is 407 g/mol. The van der Waals surface area contributed by atoms with Gasteiger partial charge in [0, 0.05) is 26.1 Å². The smallest absolute Gasteiger partial charge is 0.310 e. The van der Waals surface area contributed by atoms with Crippen molar-refractivity contribution < 1.29 is 14.3 Å². The topological polar surface area (TPSA) is 93.5 Å². The second kappa shape index (κ2) is 10.7. The van der Waals surface area contributed by atoms with Crippen molar-refractivity contribution in [2.45, 2.75) is 65.5 Å². The van der Waals surface area contributed by atoms with Crippen LogP contribution in [0.1, 0.15) is 58.2 Å². The molecule has 29 heavy (non-hydrogen) atoms. The number of ether oxygens (including phenoxy) is 1. The summed E-state index contributed by atoms with van der Waals surface area (Å²) in [5.41, 5.74) is 0. The molecule has 0 radical (unpaired) electrons. The molecular weight excluding hydrogens is 372 g/mol. The largest absolute Gasteiger partial charge is 0.466 e. The molecule has 0 spiro atoms. The third-order valence-corrected chi connectivity index (χ3v) is 6.00. The highest BCUT2D eigenvalue weighted by Gasteiger charge is 2.29. The number of likely N-dealkylation sites (tertiary alicyclic amines) is 2. The van der Waals surface area contributed by atoms with Gasteiger partial charge in [-0.25, -0.2) is 4.68 Å². The Morgan fingerprint density at radius 1 is 1.17 bits per heavy atom. The maximum absolute atomic E-state index is 12.6. The Labute approximate surface area is 172 Å². The van der Waals surface area contributed by atoms with E-state index in [1.54, 1.807) is 4.90 Å². The quantitative estimate of drug-likeness (QED) is 0.604. The molecule has 2 fully saturated rings. The SMILES string of the molecule is CCOC(=O)[C@H]1CCCN(C(=O)CCCn2nnnc2CN2CCC(C)CC2)C1. The average Bonchev–Trinajstić information content (AvgIpc) is 3.17. The van der Waals surface area contributed by atoms with Gasteiger partial charge in [0.15, 0.2) is 5.82 Å². The number of piperidine rings is 2. The first kappa shape index (κ1) is 21.7. The fourth-order valence-electron chi connectivity index (χ4n) is 4.12. The normalized spacial score (nSPS) is 21.3. The first-order valence-electron chi connectivity index (χ1n) is 11.0. The molecule has 0 saturated carbocycles. The van der Waals surface area contributed by atoms with E-state index in [4.69, 9.17) is 4.74 Å². The summed E-state index contributed by atoms with van der Waals surface area (Å²) in [7, 11) is 0. The number of hydrogen-bond donors (Lipinski definition) is 0. The van der Waals surface area contributed by atoms with Gasteiger partial charge in [-0.15, -0.1) is 5.10 Å². The van der Waals surface area contributed by atoms with Gasteiger partial charge in [0.1, 0.15) is 0 Å². The molecule has 2 aliphatic heterocycles. The van der Waals surface area contributed by atoms with Gasteiger partial charge in [-0.3, -0.25) is 14.5 Å².